The molecular weight excluding hydrogens is 174 g/mol. The molecule has 0 fully saturated rings. The molecule has 2 nitrogen and oxygen atoms in total. The first-order chi connectivity index (χ1) is 6.45. The molecule has 0 bridgehead atoms. The van der Waals surface area contributed by atoms with Gasteiger partial charge in [-0.25, -0.2) is 0 Å². The van der Waals surface area contributed by atoms with E-state index >= 15 is 0 Å². The predicted molar refractivity (Wildman–Crippen MR) is 59.1 cm³/mol. The lowest BCUT2D eigenvalue weighted by molar-refractivity contribution is 0.319. The molecular formula is C12H17NO. The quantitative estimate of drug-likeness (QED) is 0.412. The average Bonchev–Trinajstić information content (AvgIpc) is 2.15. The van der Waals surface area contributed by atoms with E-state index in [1.807, 2.05) is 12.1 Å². The summed E-state index contributed by atoms with van der Waals surface area (Å²) in [5.41, 5.74) is 3.06. The molecule has 1 rings (SSSR count). The summed E-state index contributed by atoms with van der Waals surface area (Å²) in [5, 5.41) is 11.8. The van der Waals surface area contributed by atoms with Gasteiger partial charge >= 0.3 is 0 Å². The summed E-state index contributed by atoms with van der Waals surface area (Å²) < 4.78 is 0. The molecule has 2 heteroatoms. The molecule has 0 aliphatic rings. The van der Waals surface area contributed by atoms with E-state index in [9.17, 15) is 0 Å². The van der Waals surface area contributed by atoms with Crippen LogP contribution in [0.4, 0.5) is 0 Å². The van der Waals surface area contributed by atoms with Crippen molar-refractivity contribution >= 4 is 5.71 Å². The van der Waals surface area contributed by atoms with Crippen LogP contribution in [0.2, 0.25) is 0 Å². The van der Waals surface area contributed by atoms with Gasteiger partial charge in [-0.2, -0.15) is 0 Å². The third-order valence-corrected chi connectivity index (χ3v) is 2.32. The lowest BCUT2D eigenvalue weighted by atomic mass is 9.86. The van der Waals surface area contributed by atoms with Gasteiger partial charge in [-0.1, -0.05) is 50.2 Å². The van der Waals surface area contributed by atoms with E-state index in [1.54, 1.807) is 6.92 Å². The van der Waals surface area contributed by atoms with Gasteiger partial charge in [-0.3, -0.25) is 0 Å². The van der Waals surface area contributed by atoms with Crippen molar-refractivity contribution in [1.82, 2.24) is 0 Å². The number of hydrogen-bond donors (Lipinski definition) is 1. The number of rotatable bonds is 1. The molecule has 0 heterocycles. The molecule has 0 unspecified atom stereocenters. The molecule has 0 aliphatic heterocycles. The molecule has 0 atom stereocenters. The zero-order valence-electron chi connectivity index (χ0n) is 9.20. The van der Waals surface area contributed by atoms with Crippen LogP contribution in [0.1, 0.15) is 38.8 Å². The van der Waals surface area contributed by atoms with Crippen LogP contribution in [0.15, 0.2) is 29.4 Å². The van der Waals surface area contributed by atoms with Crippen LogP contribution >= 0.6 is 0 Å². The maximum Gasteiger partial charge on any atom is 0.0836 e. The first kappa shape index (κ1) is 10.8. The molecule has 0 aromatic heterocycles. The molecule has 1 aromatic rings. The van der Waals surface area contributed by atoms with Crippen LogP contribution in [0.5, 0.6) is 0 Å². The normalized spacial score (nSPS) is 13.0. The lowest BCUT2D eigenvalue weighted by Gasteiger charge is -2.18. The van der Waals surface area contributed by atoms with Crippen LogP contribution in [-0.4, -0.2) is 10.9 Å². The second-order valence-corrected chi connectivity index (χ2v) is 4.51. The Morgan fingerprint density at radius 3 is 2.00 bits per heavy atom. The second kappa shape index (κ2) is 3.82. The fourth-order valence-corrected chi connectivity index (χ4v) is 1.27. The summed E-state index contributed by atoms with van der Waals surface area (Å²) in [7, 11) is 0. The summed E-state index contributed by atoms with van der Waals surface area (Å²) >= 11 is 0. The maximum atomic E-state index is 8.61. The van der Waals surface area contributed by atoms with Gasteiger partial charge in [0.15, 0.2) is 0 Å². The maximum absolute atomic E-state index is 8.61. The minimum Gasteiger partial charge on any atom is -0.411 e. The SMILES string of the molecule is C/C(=N\O)c1ccc(C(C)(C)C)cc1. The molecule has 0 saturated heterocycles. The number of nitrogens with zero attached hydrogens (tertiary/aromatic N) is 1. The largest absolute Gasteiger partial charge is 0.411 e. The third-order valence-electron chi connectivity index (χ3n) is 2.32. The van der Waals surface area contributed by atoms with Crippen molar-refractivity contribution in [2.75, 3.05) is 0 Å². The average molecular weight is 191 g/mol. The zero-order valence-corrected chi connectivity index (χ0v) is 9.20. The van der Waals surface area contributed by atoms with Gasteiger partial charge in [0.1, 0.15) is 0 Å². The topological polar surface area (TPSA) is 32.6 Å². The molecule has 14 heavy (non-hydrogen) atoms. The molecule has 1 aromatic carbocycles. The van der Waals surface area contributed by atoms with Crippen LogP contribution in [-0.2, 0) is 5.41 Å². The van der Waals surface area contributed by atoms with Gasteiger partial charge in [0.05, 0.1) is 5.71 Å². The van der Waals surface area contributed by atoms with E-state index in [0.29, 0.717) is 5.71 Å². The zero-order chi connectivity index (χ0) is 10.8. The third kappa shape index (κ3) is 2.34. The molecule has 0 spiro atoms. The standard InChI is InChI=1S/C12H17NO/c1-9(13-14)10-5-7-11(8-6-10)12(2,3)4/h5-8,14H,1-4H3/b13-9+. The van der Waals surface area contributed by atoms with Gasteiger partial charge < -0.3 is 5.21 Å². The van der Waals surface area contributed by atoms with Crippen molar-refractivity contribution in [3.8, 4) is 0 Å². The van der Waals surface area contributed by atoms with Crippen molar-refractivity contribution in [1.29, 1.82) is 0 Å². The van der Waals surface area contributed by atoms with E-state index in [4.69, 9.17) is 5.21 Å². The van der Waals surface area contributed by atoms with Crippen molar-refractivity contribution in [3.05, 3.63) is 35.4 Å². The van der Waals surface area contributed by atoms with Gasteiger partial charge in [0.25, 0.3) is 0 Å². The Balaban J connectivity index is 3.01. The highest BCUT2D eigenvalue weighted by Gasteiger charge is 2.12. The first-order valence-corrected chi connectivity index (χ1v) is 4.74. The smallest absolute Gasteiger partial charge is 0.0836 e. The highest BCUT2D eigenvalue weighted by molar-refractivity contribution is 5.98. The van der Waals surface area contributed by atoms with Crippen molar-refractivity contribution in [3.63, 3.8) is 0 Å². The highest BCUT2D eigenvalue weighted by Crippen LogP contribution is 2.22. The van der Waals surface area contributed by atoms with Crippen LogP contribution in [0, 0.1) is 0 Å². The number of hydrogen-bond acceptors (Lipinski definition) is 2. The van der Waals surface area contributed by atoms with Crippen molar-refractivity contribution in [2.45, 2.75) is 33.1 Å². The summed E-state index contributed by atoms with van der Waals surface area (Å²) in [6.45, 7) is 8.31. The van der Waals surface area contributed by atoms with E-state index in [0.717, 1.165) is 5.56 Å². The van der Waals surface area contributed by atoms with E-state index in [2.05, 4.69) is 38.1 Å². The van der Waals surface area contributed by atoms with Crippen LogP contribution in [0.3, 0.4) is 0 Å². The Morgan fingerprint density at radius 1 is 1.14 bits per heavy atom. The second-order valence-electron chi connectivity index (χ2n) is 4.51. The van der Waals surface area contributed by atoms with E-state index < -0.39 is 0 Å². The molecule has 0 saturated carbocycles. The predicted octanol–water partition coefficient (Wildman–Crippen LogP) is 3.18. The number of benzene rings is 1. The Bertz CT molecular complexity index is 330. The summed E-state index contributed by atoms with van der Waals surface area (Å²) in [5.74, 6) is 0. The number of oxime groups is 1. The van der Waals surface area contributed by atoms with Gasteiger partial charge in [0, 0.05) is 0 Å². The molecule has 0 aliphatic carbocycles. The Kier molecular flexibility index (Phi) is 2.94. The Labute approximate surface area is 85.3 Å². The lowest BCUT2D eigenvalue weighted by Crippen LogP contribution is -2.11. The Morgan fingerprint density at radius 2 is 1.64 bits per heavy atom. The fourth-order valence-electron chi connectivity index (χ4n) is 1.27. The van der Waals surface area contributed by atoms with E-state index in [1.165, 1.54) is 5.56 Å². The molecule has 0 amide bonds. The van der Waals surface area contributed by atoms with Crippen molar-refractivity contribution < 1.29 is 5.21 Å². The summed E-state index contributed by atoms with van der Waals surface area (Å²) in [6, 6.07) is 8.11. The van der Waals surface area contributed by atoms with Gasteiger partial charge in [-0.15, -0.1) is 0 Å². The summed E-state index contributed by atoms with van der Waals surface area (Å²) in [4.78, 5) is 0. The Hall–Kier alpha value is -1.31. The molecule has 1 N–H and O–H groups in total. The summed E-state index contributed by atoms with van der Waals surface area (Å²) in [6.07, 6.45) is 0. The minimum atomic E-state index is 0.169. The monoisotopic (exact) mass is 191 g/mol. The highest BCUT2D eigenvalue weighted by atomic mass is 16.4. The van der Waals surface area contributed by atoms with Crippen LogP contribution in [0.25, 0.3) is 0 Å². The van der Waals surface area contributed by atoms with Crippen LogP contribution < -0.4 is 0 Å². The van der Waals surface area contributed by atoms with Gasteiger partial charge in [0.2, 0.25) is 0 Å². The fraction of sp³-hybridized carbons (Fsp3) is 0.417. The van der Waals surface area contributed by atoms with Crippen molar-refractivity contribution in [2.24, 2.45) is 5.16 Å². The van der Waals surface area contributed by atoms with Gasteiger partial charge in [-0.05, 0) is 23.5 Å². The molecule has 76 valence electrons. The van der Waals surface area contributed by atoms with E-state index in [-0.39, 0.29) is 5.41 Å². The minimum absolute atomic E-state index is 0.169. The first-order valence-electron chi connectivity index (χ1n) is 4.74. The molecule has 0 radical (unpaired) electrons.